The lowest BCUT2D eigenvalue weighted by Crippen LogP contribution is -2.28. The number of benzene rings is 2. The van der Waals surface area contributed by atoms with Crippen molar-refractivity contribution in [1.29, 1.82) is 0 Å². The molecule has 2 rings (SSSR count). The second kappa shape index (κ2) is 7.52. The molecule has 0 bridgehead atoms. The molecule has 2 aromatic rings. The Bertz CT molecular complexity index is 673. The number of carbonyl (C=O) groups excluding carboxylic acids is 1. The first-order valence-corrected chi connectivity index (χ1v) is 7.63. The molecule has 1 amide bonds. The summed E-state index contributed by atoms with van der Waals surface area (Å²) in [7, 11) is 1.61. The van der Waals surface area contributed by atoms with Crippen molar-refractivity contribution in [1.82, 2.24) is 5.32 Å². The summed E-state index contributed by atoms with van der Waals surface area (Å²) < 4.78 is 5.31. The van der Waals surface area contributed by atoms with Crippen LogP contribution >= 0.6 is 23.2 Å². The van der Waals surface area contributed by atoms with Gasteiger partial charge < -0.3 is 10.1 Å². The Morgan fingerprint density at radius 2 is 1.91 bits per heavy atom. The molecule has 1 N–H and O–H groups in total. The van der Waals surface area contributed by atoms with Gasteiger partial charge in [0.25, 0.3) is 0 Å². The van der Waals surface area contributed by atoms with Gasteiger partial charge >= 0.3 is 0 Å². The highest BCUT2D eigenvalue weighted by Gasteiger charge is 2.14. The number of halogens is 2. The summed E-state index contributed by atoms with van der Waals surface area (Å²) in [6, 6.07) is 12.7. The van der Waals surface area contributed by atoms with Gasteiger partial charge in [0.1, 0.15) is 5.75 Å². The summed E-state index contributed by atoms with van der Waals surface area (Å²) >= 11 is 11.8. The molecule has 22 heavy (non-hydrogen) atoms. The molecular formula is C17H17Cl2NO2. The summed E-state index contributed by atoms with van der Waals surface area (Å²) in [5, 5.41) is 3.89. The molecule has 0 heterocycles. The Morgan fingerprint density at radius 3 is 2.59 bits per heavy atom. The van der Waals surface area contributed by atoms with Gasteiger partial charge in [-0.15, -0.1) is 0 Å². The van der Waals surface area contributed by atoms with E-state index >= 15 is 0 Å². The summed E-state index contributed by atoms with van der Waals surface area (Å²) in [6.45, 7) is 1.92. The van der Waals surface area contributed by atoms with Crippen molar-refractivity contribution < 1.29 is 9.53 Å². The molecule has 3 nitrogen and oxygen atoms in total. The first-order chi connectivity index (χ1) is 10.5. The topological polar surface area (TPSA) is 38.3 Å². The minimum absolute atomic E-state index is 0.0863. The van der Waals surface area contributed by atoms with E-state index in [1.54, 1.807) is 25.3 Å². The zero-order valence-electron chi connectivity index (χ0n) is 12.4. The Hall–Kier alpha value is -1.71. The second-order valence-electron chi connectivity index (χ2n) is 4.96. The lowest BCUT2D eigenvalue weighted by molar-refractivity contribution is -0.121. The van der Waals surface area contributed by atoms with Crippen LogP contribution in [0.1, 0.15) is 24.1 Å². The molecular weight excluding hydrogens is 321 g/mol. The van der Waals surface area contributed by atoms with Crippen molar-refractivity contribution in [2.24, 2.45) is 0 Å². The van der Waals surface area contributed by atoms with Crippen LogP contribution in [0.15, 0.2) is 42.5 Å². The van der Waals surface area contributed by atoms with Gasteiger partial charge in [-0.3, -0.25) is 4.79 Å². The van der Waals surface area contributed by atoms with Crippen molar-refractivity contribution in [2.75, 3.05) is 7.11 Å². The predicted octanol–water partition coefficient (Wildman–Crippen LogP) is 4.42. The zero-order chi connectivity index (χ0) is 16.1. The van der Waals surface area contributed by atoms with Crippen LogP contribution in [0, 0.1) is 0 Å². The monoisotopic (exact) mass is 337 g/mol. The fourth-order valence-electron chi connectivity index (χ4n) is 2.23. The quantitative estimate of drug-likeness (QED) is 0.876. The van der Waals surface area contributed by atoms with Crippen LogP contribution in [0.2, 0.25) is 10.0 Å². The first-order valence-electron chi connectivity index (χ1n) is 6.87. The highest BCUT2D eigenvalue weighted by atomic mass is 35.5. The lowest BCUT2D eigenvalue weighted by Gasteiger charge is -2.17. The molecule has 0 saturated carbocycles. The van der Waals surface area contributed by atoms with Crippen molar-refractivity contribution in [3.05, 3.63) is 63.6 Å². The summed E-state index contributed by atoms with van der Waals surface area (Å²) in [5.74, 6) is 0.668. The molecule has 0 aliphatic heterocycles. The number of hydrogen-bond acceptors (Lipinski definition) is 2. The molecule has 0 unspecified atom stereocenters. The number of nitrogens with one attached hydrogen (secondary N) is 1. The normalized spacial score (nSPS) is 11.8. The Kier molecular flexibility index (Phi) is 5.69. The lowest BCUT2D eigenvalue weighted by atomic mass is 10.1. The number of amides is 1. The number of ether oxygens (including phenoxy) is 1. The van der Waals surface area contributed by atoms with Crippen LogP contribution in [-0.2, 0) is 11.2 Å². The van der Waals surface area contributed by atoms with E-state index in [1.807, 2.05) is 31.2 Å². The van der Waals surface area contributed by atoms with Gasteiger partial charge in [-0.2, -0.15) is 0 Å². The number of methoxy groups -OCH3 is 1. The van der Waals surface area contributed by atoms with E-state index < -0.39 is 0 Å². The maximum atomic E-state index is 12.2. The van der Waals surface area contributed by atoms with Crippen molar-refractivity contribution in [3.8, 4) is 5.75 Å². The third-order valence-corrected chi connectivity index (χ3v) is 4.07. The van der Waals surface area contributed by atoms with E-state index in [4.69, 9.17) is 27.9 Å². The molecule has 0 spiro atoms. The van der Waals surface area contributed by atoms with E-state index in [9.17, 15) is 4.79 Å². The average molecular weight is 338 g/mol. The fraction of sp³-hybridized carbons (Fsp3) is 0.235. The van der Waals surface area contributed by atoms with Gasteiger partial charge in [0.2, 0.25) is 5.91 Å². The molecule has 0 aliphatic carbocycles. The SMILES string of the molecule is COc1ccccc1[C@H](C)NC(=O)Cc1ccc(Cl)c(Cl)c1. The number of para-hydroxylation sites is 1. The van der Waals surface area contributed by atoms with E-state index in [0.717, 1.165) is 16.9 Å². The second-order valence-corrected chi connectivity index (χ2v) is 5.77. The predicted molar refractivity (Wildman–Crippen MR) is 89.7 cm³/mol. The highest BCUT2D eigenvalue weighted by molar-refractivity contribution is 6.42. The average Bonchev–Trinajstić information content (AvgIpc) is 2.50. The molecule has 116 valence electrons. The van der Waals surface area contributed by atoms with Crippen molar-refractivity contribution in [2.45, 2.75) is 19.4 Å². The molecule has 0 aromatic heterocycles. The molecule has 5 heteroatoms. The standard InChI is InChI=1S/C17H17Cl2NO2/c1-11(13-5-3-4-6-16(13)22-2)20-17(21)10-12-7-8-14(18)15(19)9-12/h3-9,11H,10H2,1-2H3,(H,20,21)/t11-/m0/s1. The van der Waals surface area contributed by atoms with Crippen LogP contribution in [0.5, 0.6) is 5.75 Å². The Labute approximate surface area is 140 Å². The highest BCUT2D eigenvalue weighted by Crippen LogP contribution is 2.25. The summed E-state index contributed by atoms with van der Waals surface area (Å²) in [5.41, 5.74) is 1.76. The van der Waals surface area contributed by atoms with Crippen molar-refractivity contribution >= 4 is 29.1 Å². The van der Waals surface area contributed by atoms with Crippen LogP contribution < -0.4 is 10.1 Å². The van der Waals surface area contributed by atoms with Gasteiger partial charge in [-0.05, 0) is 30.7 Å². The maximum Gasteiger partial charge on any atom is 0.224 e. The zero-order valence-corrected chi connectivity index (χ0v) is 13.9. The number of hydrogen-bond donors (Lipinski definition) is 1. The van der Waals surface area contributed by atoms with E-state index in [1.165, 1.54) is 0 Å². The summed E-state index contributed by atoms with van der Waals surface area (Å²) in [4.78, 5) is 12.2. The fourth-order valence-corrected chi connectivity index (χ4v) is 2.55. The van der Waals surface area contributed by atoms with Crippen LogP contribution in [0.4, 0.5) is 0 Å². The minimum atomic E-state index is -0.147. The molecule has 0 fully saturated rings. The van der Waals surface area contributed by atoms with Gasteiger partial charge in [0, 0.05) is 5.56 Å². The minimum Gasteiger partial charge on any atom is -0.496 e. The number of carbonyl (C=O) groups is 1. The van der Waals surface area contributed by atoms with Crippen molar-refractivity contribution in [3.63, 3.8) is 0 Å². The van der Waals surface area contributed by atoms with Gasteiger partial charge in [0.15, 0.2) is 0 Å². The third kappa shape index (κ3) is 4.15. The van der Waals surface area contributed by atoms with Gasteiger partial charge in [-0.25, -0.2) is 0 Å². The molecule has 0 radical (unpaired) electrons. The van der Waals surface area contributed by atoms with Crippen LogP contribution in [0.25, 0.3) is 0 Å². The van der Waals surface area contributed by atoms with E-state index in [0.29, 0.717) is 10.0 Å². The molecule has 0 aliphatic rings. The van der Waals surface area contributed by atoms with E-state index in [-0.39, 0.29) is 18.4 Å². The van der Waals surface area contributed by atoms with E-state index in [2.05, 4.69) is 5.32 Å². The maximum absolute atomic E-state index is 12.2. The Balaban J connectivity index is 2.03. The largest absolute Gasteiger partial charge is 0.496 e. The molecule has 0 saturated heterocycles. The smallest absolute Gasteiger partial charge is 0.224 e. The molecule has 1 atom stereocenters. The first kappa shape index (κ1) is 16.7. The molecule has 2 aromatic carbocycles. The van der Waals surface area contributed by atoms with Crippen LogP contribution in [0.3, 0.4) is 0 Å². The third-order valence-electron chi connectivity index (χ3n) is 3.33. The number of rotatable bonds is 5. The summed E-state index contributed by atoms with van der Waals surface area (Å²) in [6.07, 6.45) is 0.246. The Morgan fingerprint density at radius 1 is 1.18 bits per heavy atom. The van der Waals surface area contributed by atoms with Gasteiger partial charge in [-0.1, -0.05) is 47.5 Å². The van der Waals surface area contributed by atoms with Gasteiger partial charge in [0.05, 0.1) is 29.6 Å². The van der Waals surface area contributed by atoms with Crippen LogP contribution in [-0.4, -0.2) is 13.0 Å².